The smallest absolute Gasteiger partial charge is 0.118 e. The Morgan fingerprint density at radius 1 is 1.24 bits per heavy atom. The molecule has 0 saturated carbocycles. The molecule has 0 aliphatic carbocycles. The number of allylic oxidation sites excluding steroid dienone is 1. The summed E-state index contributed by atoms with van der Waals surface area (Å²) in [7, 11) is 1.63. The quantitative estimate of drug-likeness (QED) is 0.730. The van der Waals surface area contributed by atoms with Crippen molar-refractivity contribution in [3.8, 4) is 5.75 Å². The molecule has 1 rings (SSSR count). The lowest BCUT2D eigenvalue weighted by Gasteiger charge is -2.27. The summed E-state index contributed by atoms with van der Waals surface area (Å²) < 4.78 is 5.10. The maximum Gasteiger partial charge on any atom is 0.118 e. The Morgan fingerprint density at radius 2 is 1.88 bits per heavy atom. The third-order valence-corrected chi connectivity index (χ3v) is 2.87. The zero-order valence-corrected chi connectivity index (χ0v) is 10.4. The molecule has 0 spiro atoms. The van der Waals surface area contributed by atoms with E-state index in [-0.39, 0.29) is 0 Å². The zero-order valence-electron chi connectivity index (χ0n) is 10.4. The molecular formula is C15H20O2. The second kappa shape index (κ2) is 6.26. The van der Waals surface area contributed by atoms with E-state index in [1.807, 2.05) is 30.3 Å². The van der Waals surface area contributed by atoms with Crippen LogP contribution >= 0.6 is 0 Å². The number of hydrogen-bond donors (Lipinski definition) is 1. The lowest BCUT2D eigenvalue weighted by atomic mass is 9.86. The Morgan fingerprint density at radius 3 is 2.35 bits per heavy atom. The molecule has 1 atom stereocenters. The van der Waals surface area contributed by atoms with Crippen LogP contribution in [-0.2, 0) is 5.60 Å². The molecule has 1 aromatic carbocycles. The van der Waals surface area contributed by atoms with Crippen molar-refractivity contribution in [2.75, 3.05) is 7.11 Å². The van der Waals surface area contributed by atoms with E-state index in [4.69, 9.17) is 4.74 Å². The van der Waals surface area contributed by atoms with E-state index in [0.29, 0.717) is 12.8 Å². The van der Waals surface area contributed by atoms with Gasteiger partial charge < -0.3 is 9.84 Å². The van der Waals surface area contributed by atoms with Crippen molar-refractivity contribution in [2.45, 2.75) is 24.9 Å². The SMILES string of the molecule is C=CCCC(O)(CC=C)c1ccc(OC)cc1. The van der Waals surface area contributed by atoms with Crippen LogP contribution in [0.1, 0.15) is 24.8 Å². The third-order valence-electron chi connectivity index (χ3n) is 2.87. The second-order valence-corrected chi connectivity index (χ2v) is 4.08. The van der Waals surface area contributed by atoms with Crippen LogP contribution in [-0.4, -0.2) is 12.2 Å². The number of rotatable bonds is 7. The zero-order chi connectivity index (χ0) is 12.7. The number of ether oxygens (including phenoxy) is 1. The van der Waals surface area contributed by atoms with Crippen LogP contribution in [0.15, 0.2) is 49.6 Å². The second-order valence-electron chi connectivity index (χ2n) is 4.08. The van der Waals surface area contributed by atoms with Gasteiger partial charge in [-0.3, -0.25) is 0 Å². The summed E-state index contributed by atoms with van der Waals surface area (Å²) in [5, 5.41) is 10.6. The van der Waals surface area contributed by atoms with Gasteiger partial charge in [0.1, 0.15) is 5.75 Å². The fourth-order valence-electron chi connectivity index (χ4n) is 1.85. The molecule has 0 fully saturated rings. The van der Waals surface area contributed by atoms with E-state index >= 15 is 0 Å². The van der Waals surface area contributed by atoms with E-state index < -0.39 is 5.60 Å². The molecule has 0 aliphatic heterocycles. The van der Waals surface area contributed by atoms with Gasteiger partial charge in [0.25, 0.3) is 0 Å². The van der Waals surface area contributed by atoms with Crippen molar-refractivity contribution in [1.29, 1.82) is 0 Å². The van der Waals surface area contributed by atoms with E-state index in [2.05, 4.69) is 13.2 Å². The molecule has 0 bridgehead atoms. The van der Waals surface area contributed by atoms with E-state index in [1.54, 1.807) is 13.2 Å². The molecule has 0 radical (unpaired) electrons. The van der Waals surface area contributed by atoms with Crippen molar-refractivity contribution < 1.29 is 9.84 Å². The molecular weight excluding hydrogens is 212 g/mol. The van der Waals surface area contributed by atoms with Crippen molar-refractivity contribution in [3.05, 3.63) is 55.1 Å². The first-order valence-corrected chi connectivity index (χ1v) is 5.75. The largest absolute Gasteiger partial charge is 0.497 e. The summed E-state index contributed by atoms with van der Waals surface area (Å²) in [5.41, 5.74) is 0.0300. The fourth-order valence-corrected chi connectivity index (χ4v) is 1.85. The minimum Gasteiger partial charge on any atom is -0.497 e. The molecule has 0 saturated heterocycles. The topological polar surface area (TPSA) is 29.5 Å². The van der Waals surface area contributed by atoms with Gasteiger partial charge in [0.05, 0.1) is 12.7 Å². The number of benzene rings is 1. The molecule has 0 aromatic heterocycles. The summed E-state index contributed by atoms with van der Waals surface area (Å²) in [4.78, 5) is 0. The molecule has 2 nitrogen and oxygen atoms in total. The van der Waals surface area contributed by atoms with Gasteiger partial charge in [-0.05, 0) is 37.0 Å². The van der Waals surface area contributed by atoms with Gasteiger partial charge in [-0.1, -0.05) is 24.3 Å². The maximum absolute atomic E-state index is 10.6. The van der Waals surface area contributed by atoms with Crippen LogP contribution in [0.3, 0.4) is 0 Å². The highest BCUT2D eigenvalue weighted by molar-refractivity contribution is 5.31. The van der Waals surface area contributed by atoms with E-state index in [0.717, 1.165) is 17.7 Å². The van der Waals surface area contributed by atoms with Crippen LogP contribution in [0, 0.1) is 0 Å². The highest BCUT2D eigenvalue weighted by Gasteiger charge is 2.26. The standard InChI is InChI=1S/C15H20O2/c1-4-6-12-15(16,11-5-2)13-7-9-14(17-3)10-8-13/h4-5,7-10,16H,1-2,6,11-12H2,3H3. The van der Waals surface area contributed by atoms with Gasteiger partial charge in [-0.2, -0.15) is 0 Å². The highest BCUT2D eigenvalue weighted by Crippen LogP contribution is 2.31. The lowest BCUT2D eigenvalue weighted by Crippen LogP contribution is -2.24. The Hall–Kier alpha value is -1.54. The predicted octanol–water partition coefficient (Wildman–Crippen LogP) is 3.43. The molecule has 1 unspecified atom stereocenters. The first-order valence-electron chi connectivity index (χ1n) is 5.75. The summed E-state index contributed by atoms with van der Waals surface area (Å²) in [5.74, 6) is 0.790. The van der Waals surface area contributed by atoms with Crippen LogP contribution in [0.4, 0.5) is 0 Å². The Kier molecular flexibility index (Phi) is 4.98. The van der Waals surface area contributed by atoms with Gasteiger partial charge in [0.15, 0.2) is 0 Å². The molecule has 1 N–H and O–H groups in total. The van der Waals surface area contributed by atoms with Gasteiger partial charge in [0.2, 0.25) is 0 Å². The summed E-state index contributed by atoms with van der Waals surface area (Å²) in [6, 6.07) is 7.51. The number of aliphatic hydroxyl groups is 1. The average Bonchev–Trinajstić information content (AvgIpc) is 2.37. The highest BCUT2D eigenvalue weighted by atomic mass is 16.5. The minimum atomic E-state index is -0.859. The van der Waals surface area contributed by atoms with E-state index in [9.17, 15) is 5.11 Å². The molecule has 17 heavy (non-hydrogen) atoms. The monoisotopic (exact) mass is 232 g/mol. The lowest BCUT2D eigenvalue weighted by molar-refractivity contribution is 0.0315. The summed E-state index contributed by atoms with van der Waals surface area (Å²) in [6.45, 7) is 7.39. The molecule has 0 heterocycles. The van der Waals surface area contributed by atoms with Crippen LogP contribution in [0.25, 0.3) is 0 Å². The van der Waals surface area contributed by atoms with Crippen molar-refractivity contribution in [1.82, 2.24) is 0 Å². The Balaban J connectivity index is 2.94. The first kappa shape index (κ1) is 13.5. The Labute approximate surface area is 103 Å². The normalized spacial score (nSPS) is 13.8. The molecule has 1 aromatic rings. The molecule has 92 valence electrons. The van der Waals surface area contributed by atoms with Crippen molar-refractivity contribution in [2.24, 2.45) is 0 Å². The summed E-state index contributed by atoms with van der Waals surface area (Å²) >= 11 is 0. The average molecular weight is 232 g/mol. The van der Waals surface area contributed by atoms with Gasteiger partial charge in [-0.15, -0.1) is 13.2 Å². The third kappa shape index (κ3) is 3.46. The predicted molar refractivity (Wildman–Crippen MR) is 71.1 cm³/mol. The van der Waals surface area contributed by atoms with Crippen LogP contribution in [0.5, 0.6) is 5.75 Å². The fraction of sp³-hybridized carbons (Fsp3) is 0.333. The maximum atomic E-state index is 10.6. The summed E-state index contributed by atoms with van der Waals surface area (Å²) in [6.07, 6.45) is 5.52. The van der Waals surface area contributed by atoms with Gasteiger partial charge in [0, 0.05) is 0 Å². The molecule has 0 amide bonds. The van der Waals surface area contributed by atoms with Crippen molar-refractivity contribution in [3.63, 3.8) is 0 Å². The van der Waals surface area contributed by atoms with Crippen LogP contribution in [0.2, 0.25) is 0 Å². The van der Waals surface area contributed by atoms with Crippen molar-refractivity contribution >= 4 is 0 Å². The van der Waals surface area contributed by atoms with Crippen LogP contribution < -0.4 is 4.74 Å². The number of hydrogen-bond acceptors (Lipinski definition) is 2. The molecule has 2 heteroatoms. The first-order chi connectivity index (χ1) is 8.16. The number of methoxy groups -OCH3 is 1. The minimum absolute atomic E-state index is 0.535. The van der Waals surface area contributed by atoms with Gasteiger partial charge >= 0.3 is 0 Å². The Bertz CT molecular complexity index is 367. The van der Waals surface area contributed by atoms with E-state index in [1.165, 1.54) is 0 Å². The van der Waals surface area contributed by atoms with Gasteiger partial charge in [-0.25, -0.2) is 0 Å². The molecule has 0 aliphatic rings.